The van der Waals surface area contributed by atoms with Gasteiger partial charge in [-0.05, 0) is 36.2 Å². The summed E-state index contributed by atoms with van der Waals surface area (Å²) in [5.41, 5.74) is 1.94. The molecule has 8 rings (SSSR count). The molecule has 0 aliphatic carbocycles. The number of fused-ring (bicyclic) bond motifs is 6. The van der Waals surface area contributed by atoms with Crippen LogP contribution in [0.3, 0.4) is 0 Å². The SMILES string of the molecule is O=C1[C@@H]2[C@H](Cc3c[nH]c4ccccc34)N[C@@]3(C(=O)Nc4c(Cl)cccc43)[C@H]2C(=O)N1c1ccc2c(c1)OCO2. The number of benzene rings is 3. The number of carbonyl (C=O) groups excluding carboxylic acids is 3. The monoisotopic (exact) mass is 540 g/mol. The lowest BCUT2D eigenvalue weighted by Gasteiger charge is -2.29. The van der Waals surface area contributed by atoms with Gasteiger partial charge in [-0.2, -0.15) is 0 Å². The first-order valence-corrected chi connectivity index (χ1v) is 13.1. The van der Waals surface area contributed by atoms with E-state index in [1.807, 2.05) is 30.5 Å². The van der Waals surface area contributed by atoms with Crippen molar-refractivity contribution >= 4 is 51.6 Å². The Morgan fingerprint density at radius 3 is 2.72 bits per heavy atom. The molecule has 10 heteroatoms. The van der Waals surface area contributed by atoms with Gasteiger partial charge in [0.1, 0.15) is 5.54 Å². The minimum Gasteiger partial charge on any atom is -0.454 e. The van der Waals surface area contributed by atoms with Gasteiger partial charge in [0.15, 0.2) is 11.5 Å². The zero-order valence-electron chi connectivity index (χ0n) is 20.4. The molecule has 194 valence electrons. The number of para-hydroxylation sites is 2. The lowest BCUT2D eigenvalue weighted by molar-refractivity contribution is -0.130. The summed E-state index contributed by atoms with van der Waals surface area (Å²) in [6.07, 6.45) is 2.35. The fourth-order valence-electron chi connectivity index (χ4n) is 6.78. The number of H-pyrrole nitrogens is 1. The molecule has 0 bridgehead atoms. The maximum Gasteiger partial charge on any atom is 0.250 e. The number of nitrogens with zero attached hydrogens (tertiary/aromatic N) is 1. The van der Waals surface area contributed by atoms with Gasteiger partial charge in [-0.15, -0.1) is 0 Å². The molecule has 3 N–H and O–H groups in total. The number of amides is 3. The number of hydrogen-bond acceptors (Lipinski definition) is 6. The number of nitrogens with one attached hydrogen (secondary N) is 3. The van der Waals surface area contributed by atoms with Crippen LogP contribution in [0.15, 0.2) is 66.9 Å². The molecule has 0 saturated carbocycles. The number of imide groups is 1. The predicted octanol–water partition coefficient (Wildman–Crippen LogP) is 3.72. The van der Waals surface area contributed by atoms with Crippen LogP contribution in [0, 0.1) is 11.8 Å². The van der Waals surface area contributed by atoms with E-state index in [0.717, 1.165) is 16.5 Å². The average molecular weight is 541 g/mol. The van der Waals surface area contributed by atoms with Crippen LogP contribution in [0.4, 0.5) is 11.4 Å². The largest absolute Gasteiger partial charge is 0.454 e. The van der Waals surface area contributed by atoms with Crippen molar-refractivity contribution in [3.05, 3.63) is 83.0 Å². The van der Waals surface area contributed by atoms with Crippen molar-refractivity contribution in [1.29, 1.82) is 0 Å². The van der Waals surface area contributed by atoms with Crippen LogP contribution in [-0.4, -0.2) is 35.5 Å². The van der Waals surface area contributed by atoms with Crippen LogP contribution in [0.25, 0.3) is 10.9 Å². The van der Waals surface area contributed by atoms with Gasteiger partial charge in [0.25, 0.3) is 0 Å². The molecule has 3 aromatic carbocycles. The van der Waals surface area contributed by atoms with Crippen LogP contribution in [0.5, 0.6) is 11.5 Å². The van der Waals surface area contributed by atoms with Crippen molar-refractivity contribution in [3.63, 3.8) is 0 Å². The smallest absolute Gasteiger partial charge is 0.250 e. The lowest BCUT2D eigenvalue weighted by Crippen LogP contribution is -2.53. The highest BCUT2D eigenvalue weighted by Crippen LogP contribution is 2.55. The Balaban J connectivity index is 1.28. The molecular weight excluding hydrogens is 520 g/mol. The first-order valence-electron chi connectivity index (χ1n) is 12.7. The molecule has 0 radical (unpaired) electrons. The molecule has 39 heavy (non-hydrogen) atoms. The summed E-state index contributed by atoms with van der Waals surface area (Å²) in [7, 11) is 0. The Morgan fingerprint density at radius 1 is 0.974 bits per heavy atom. The summed E-state index contributed by atoms with van der Waals surface area (Å²) in [6, 6.07) is 17.6. The average Bonchev–Trinajstić information content (AvgIpc) is 3.73. The van der Waals surface area contributed by atoms with Crippen LogP contribution < -0.4 is 25.0 Å². The third kappa shape index (κ3) is 2.91. The van der Waals surface area contributed by atoms with Crippen LogP contribution >= 0.6 is 11.6 Å². The minimum absolute atomic E-state index is 0.0728. The summed E-state index contributed by atoms with van der Waals surface area (Å²) in [4.78, 5) is 46.7. The van der Waals surface area contributed by atoms with E-state index in [1.54, 1.807) is 36.4 Å². The number of anilines is 2. The Bertz CT molecular complexity index is 1750. The van der Waals surface area contributed by atoms with E-state index in [-0.39, 0.29) is 12.7 Å². The molecule has 4 aromatic rings. The van der Waals surface area contributed by atoms with E-state index in [0.29, 0.717) is 39.9 Å². The van der Waals surface area contributed by atoms with E-state index in [4.69, 9.17) is 21.1 Å². The first-order chi connectivity index (χ1) is 19.0. The van der Waals surface area contributed by atoms with Gasteiger partial charge < -0.3 is 19.8 Å². The fourth-order valence-corrected chi connectivity index (χ4v) is 7.01. The van der Waals surface area contributed by atoms with Crippen LogP contribution in [0.2, 0.25) is 5.02 Å². The van der Waals surface area contributed by atoms with Crippen molar-refractivity contribution < 1.29 is 23.9 Å². The topological polar surface area (TPSA) is 113 Å². The highest BCUT2D eigenvalue weighted by molar-refractivity contribution is 6.35. The molecule has 4 aliphatic heterocycles. The van der Waals surface area contributed by atoms with Gasteiger partial charge in [0.2, 0.25) is 24.5 Å². The number of ether oxygens (including phenoxy) is 2. The van der Waals surface area contributed by atoms with E-state index >= 15 is 0 Å². The number of aromatic nitrogens is 1. The van der Waals surface area contributed by atoms with Gasteiger partial charge in [0, 0.05) is 34.8 Å². The molecule has 2 fully saturated rings. The van der Waals surface area contributed by atoms with Gasteiger partial charge in [-0.25, -0.2) is 4.90 Å². The molecule has 4 atom stereocenters. The number of carbonyl (C=O) groups is 3. The third-order valence-electron chi connectivity index (χ3n) is 8.43. The lowest BCUT2D eigenvalue weighted by atomic mass is 9.76. The van der Waals surface area contributed by atoms with Crippen molar-refractivity contribution in [2.45, 2.75) is 18.0 Å². The van der Waals surface area contributed by atoms with Gasteiger partial charge in [-0.1, -0.05) is 41.9 Å². The van der Waals surface area contributed by atoms with Crippen molar-refractivity contribution in [2.75, 3.05) is 17.0 Å². The van der Waals surface area contributed by atoms with Gasteiger partial charge in [0.05, 0.1) is 28.2 Å². The van der Waals surface area contributed by atoms with Crippen LogP contribution in [0.1, 0.15) is 11.1 Å². The molecule has 2 saturated heterocycles. The minimum atomic E-state index is -1.44. The van der Waals surface area contributed by atoms with E-state index in [9.17, 15) is 14.4 Å². The fraction of sp³-hybridized carbons (Fsp3) is 0.207. The Morgan fingerprint density at radius 2 is 1.82 bits per heavy atom. The molecule has 1 aromatic heterocycles. The molecule has 1 spiro atoms. The Labute approximate surface area is 227 Å². The molecule has 4 aliphatic rings. The molecule has 9 nitrogen and oxygen atoms in total. The van der Waals surface area contributed by atoms with E-state index in [2.05, 4.69) is 15.6 Å². The number of halogens is 1. The Kier molecular flexibility index (Phi) is 4.55. The number of hydrogen-bond donors (Lipinski definition) is 3. The normalized spacial score (nSPS) is 26.5. The predicted molar refractivity (Wildman–Crippen MR) is 143 cm³/mol. The molecule has 5 heterocycles. The summed E-state index contributed by atoms with van der Waals surface area (Å²) >= 11 is 6.47. The number of aromatic amines is 1. The summed E-state index contributed by atoms with van der Waals surface area (Å²) in [5, 5.41) is 7.77. The molecule has 3 amide bonds. The van der Waals surface area contributed by atoms with Crippen molar-refractivity contribution in [2.24, 2.45) is 11.8 Å². The maximum absolute atomic E-state index is 14.2. The second-order valence-electron chi connectivity index (χ2n) is 10.3. The second kappa shape index (κ2) is 7.84. The first kappa shape index (κ1) is 22.6. The highest BCUT2D eigenvalue weighted by atomic mass is 35.5. The standard InChI is InChI=1S/C29H21ClN4O5/c30-18-6-3-5-17-25(18)32-28(37)29(17)24-23(20(33-29)10-14-12-31-19-7-2-1-4-16(14)19)26(35)34(27(24)36)15-8-9-21-22(11-15)39-13-38-21/h1-9,11-12,20,23-24,31,33H,10,13H2,(H,32,37)/t20-,23+,24+,29+/m0/s1. The van der Waals surface area contributed by atoms with Crippen molar-refractivity contribution in [3.8, 4) is 11.5 Å². The molecule has 0 unspecified atom stereocenters. The van der Waals surface area contributed by atoms with Crippen LogP contribution in [-0.2, 0) is 26.3 Å². The summed E-state index contributed by atoms with van der Waals surface area (Å²) < 4.78 is 10.9. The summed E-state index contributed by atoms with van der Waals surface area (Å²) in [6.45, 7) is 0.0728. The van der Waals surface area contributed by atoms with Crippen molar-refractivity contribution in [1.82, 2.24) is 10.3 Å². The number of rotatable bonds is 3. The quantitative estimate of drug-likeness (QED) is 0.341. The zero-order chi connectivity index (χ0) is 26.5. The Hall–Kier alpha value is -4.34. The maximum atomic E-state index is 14.2. The van der Waals surface area contributed by atoms with Gasteiger partial charge in [-0.3, -0.25) is 19.7 Å². The van der Waals surface area contributed by atoms with E-state index in [1.165, 1.54) is 4.90 Å². The van der Waals surface area contributed by atoms with E-state index < -0.39 is 35.2 Å². The molecular formula is C29H21ClN4O5. The highest BCUT2D eigenvalue weighted by Gasteiger charge is 2.70. The third-order valence-corrected chi connectivity index (χ3v) is 8.74. The van der Waals surface area contributed by atoms with Gasteiger partial charge >= 0.3 is 0 Å². The summed E-state index contributed by atoms with van der Waals surface area (Å²) in [5.74, 6) is -1.94. The zero-order valence-corrected chi connectivity index (χ0v) is 21.1. The second-order valence-corrected chi connectivity index (χ2v) is 10.7.